The van der Waals surface area contributed by atoms with Crippen LogP contribution in [0.3, 0.4) is 0 Å². The smallest absolute Gasteiger partial charge is 0.0551 e. The van der Waals surface area contributed by atoms with E-state index in [1.54, 1.807) is 0 Å². The van der Waals surface area contributed by atoms with Crippen LogP contribution in [0, 0.1) is 0 Å². The lowest BCUT2D eigenvalue weighted by Gasteiger charge is -2.19. The number of para-hydroxylation sites is 1. The maximum absolute atomic E-state index is 5.85. The second-order valence-corrected chi connectivity index (χ2v) is 4.76. The monoisotopic (exact) mass is 239 g/mol. The van der Waals surface area contributed by atoms with Gasteiger partial charge in [-0.25, -0.2) is 0 Å². The van der Waals surface area contributed by atoms with Gasteiger partial charge in [0.25, 0.3) is 0 Å². The maximum Gasteiger partial charge on any atom is 0.0551 e. The van der Waals surface area contributed by atoms with Gasteiger partial charge < -0.3 is 16.4 Å². The Bertz CT molecular complexity index is 578. The Balaban J connectivity index is 1.84. The zero-order valence-corrected chi connectivity index (χ0v) is 10.3. The molecule has 0 radical (unpaired) electrons. The maximum atomic E-state index is 5.85. The average molecular weight is 239 g/mol. The summed E-state index contributed by atoms with van der Waals surface area (Å²) < 4.78 is 0. The second kappa shape index (κ2) is 4.26. The molecule has 0 saturated carbocycles. The molecule has 0 amide bonds. The number of nitrogens with two attached hydrogens (primary N) is 2. The molecule has 3 rings (SSSR count). The Morgan fingerprint density at radius 1 is 1.00 bits per heavy atom. The van der Waals surface area contributed by atoms with Gasteiger partial charge >= 0.3 is 0 Å². The predicted octanol–water partition coefficient (Wildman–Crippen LogP) is 2.41. The lowest BCUT2D eigenvalue weighted by molar-refractivity contribution is 0.836. The number of nitrogen functional groups attached to an aromatic ring is 2. The summed E-state index contributed by atoms with van der Waals surface area (Å²) in [7, 11) is 0. The normalized spacial score (nSPS) is 13.7. The minimum atomic E-state index is 0.653. The molecule has 0 atom stereocenters. The molecule has 0 unspecified atom stereocenters. The highest BCUT2D eigenvalue weighted by Gasteiger charge is 2.18. The second-order valence-electron chi connectivity index (χ2n) is 4.76. The standard InChI is InChI=1S/C15H17N3/c16-13-6-5-11(9-14(13)17)10-18-8-7-12-3-1-2-4-15(12)18/h1-6,9H,7-8,10,16-17H2. The molecule has 92 valence electrons. The minimum absolute atomic E-state index is 0.653. The molecule has 2 aromatic carbocycles. The molecule has 0 aromatic heterocycles. The fourth-order valence-electron chi connectivity index (χ4n) is 2.51. The molecular formula is C15H17N3. The van der Waals surface area contributed by atoms with Crippen LogP contribution >= 0.6 is 0 Å². The number of benzene rings is 2. The zero-order chi connectivity index (χ0) is 12.5. The molecule has 3 heteroatoms. The van der Waals surface area contributed by atoms with Crippen LogP contribution < -0.4 is 16.4 Å². The third kappa shape index (κ3) is 1.88. The fourth-order valence-corrected chi connectivity index (χ4v) is 2.51. The lowest BCUT2D eigenvalue weighted by atomic mass is 10.1. The van der Waals surface area contributed by atoms with E-state index in [1.165, 1.54) is 16.8 Å². The molecule has 1 aliphatic rings. The van der Waals surface area contributed by atoms with Gasteiger partial charge in [-0.15, -0.1) is 0 Å². The molecule has 0 bridgehead atoms. The molecule has 4 N–H and O–H groups in total. The van der Waals surface area contributed by atoms with Gasteiger partial charge in [-0.05, 0) is 35.7 Å². The Morgan fingerprint density at radius 2 is 1.83 bits per heavy atom. The predicted molar refractivity (Wildman–Crippen MR) is 76.5 cm³/mol. The number of fused-ring (bicyclic) bond motifs is 1. The number of nitrogens with zero attached hydrogens (tertiary/aromatic N) is 1. The van der Waals surface area contributed by atoms with E-state index in [-0.39, 0.29) is 0 Å². The van der Waals surface area contributed by atoms with Gasteiger partial charge in [0.2, 0.25) is 0 Å². The SMILES string of the molecule is Nc1ccc(CN2CCc3ccccc32)cc1N. The lowest BCUT2D eigenvalue weighted by Crippen LogP contribution is -2.19. The van der Waals surface area contributed by atoms with Crippen LogP contribution in [-0.4, -0.2) is 6.54 Å². The number of hydrogen-bond donors (Lipinski definition) is 2. The van der Waals surface area contributed by atoms with Gasteiger partial charge in [-0.1, -0.05) is 24.3 Å². The summed E-state index contributed by atoms with van der Waals surface area (Å²) in [5.41, 5.74) is 16.9. The largest absolute Gasteiger partial charge is 0.397 e. The van der Waals surface area contributed by atoms with Crippen molar-refractivity contribution in [3.05, 3.63) is 53.6 Å². The van der Waals surface area contributed by atoms with E-state index in [4.69, 9.17) is 11.5 Å². The fraction of sp³-hybridized carbons (Fsp3) is 0.200. The van der Waals surface area contributed by atoms with Crippen molar-refractivity contribution in [1.82, 2.24) is 0 Å². The van der Waals surface area contributed by atoms with Crippen LogP contribution in [0.4, 0.5) is 17.1 Å². The molecule has 2 aromatic rings. The van der Waals surface area contributed by atoms with Crippen LogP contribution in [0.1, 0.15) is 11.1 Å². The first kappa shape index (κ1) is 11.0. The van der Waals surface area contributed by atoms with E-state index in [0.717, 1.165) is 19.5 Å². The van der Waals surface area contributed by atoms with Crippen molar-refractivity contribution in [3.8, 4) is 0 Å². The van der Waals surface area contributed by atoms with Crippen molar-refractivity contribution in [3.63, 3.8) is 0 Å². The van der Waals surface area contributed by atoms with Crippen molar-refractivity contribution in [2.24, 2.45) is 0 Å². The highest BCUT2D eigenvalue weighted by molar-refractivity contribution is 5.65. The van der Waals surface area contributed by atoms with Crippen molar-refractivity contribution in [2.75, 3.05) is 22.9 Å². The molecule has 1 heterocycles. The number of anilines is 3. The Labute approximate surface area is 107 Å². The molecular weight excluding hydrogens is 222 g/mol. The van der Waals surface area contributed by atoms with Gasteiger partial charge in [-0.2, -0.15) is 0 Å². The van der Waals surface area contributed by atoms with E-state index in [1.807, 2.05) is 18.2 Å². The van der Waals surface area contributed by atoms with Crippen LogP contribution in [0.5, 0.6) is 0 Å². The summed E-state index contributed by atoms with van der Waals surface area (Å²) in [6, 6.07) is 14.5. The molecule has 0 aliphatic carbocycles. The summed E-state index contributed by atoms with van der Waals surface area (Å²) in [6.45, 7) is 1.96. The van der Waals surface area contributed by atoms with Crippen LogP contribution in [0.25, 0.3) is 0 Å². The van der Waals surface area contributed by atoms with E-state index in [9.17, 15) is 0 Å². The first-order valence-electron chi connectivity index (χ1n) is 6.21. The van der Waals surface area contributed by atoms with E-state index >= 15 is 0 Å². The van der Waals surface area contributed by atoms with Gasteiger partial charge in [0.1, 0.15) is 0 Å². The Hall–Kier alpha value is -2.16. The van der Waals surface area contributed by atoms with Crippen LogP contribution in [-0.2, 0) is 13.0 Å². The third-order valence-corrected chi connectivity index (χ3v) is 3.51. The molecule has 0 fully saturated rings. The number of hydrogen-bond acceptors (Lipinski definition) is 3. The number of rotatable bonds is 2. The van der Waals surface area contributed by atoms with Gasteiger partial charge in [-0.3, -0.25) is 0 Å². The molecule has 3 nitrogen and oxygen atoms in total. The molecule has 1 aliphatic heterocycles. The summed E-state index contributed by atoms with van der Waals surface area (Å²) in [4.78, 5) is 2.39. The van der Waals surface area contributed by atoms with Gasteiger partial charge in [0.15, 0.2) is 0 Å². The first-order chi connectivity index (χ1) is 8.74. The first-order valence-corrected chi connectivity index (χ1v) is 6.21. The Kier molecular flexibility index (Phi) is 2.59. The molecule has 18 heavy (non-hydrogen) atoms. The minimum Gasteiger partial charge on any atom is -0.397 e. The Morgan fingerprint density at radius 3 is 2.67 bits per heavy atom. The van der Waals surface area contributed by atoms with E-state index in [2.05, 4.69) is 29.2 Å². The summed E-state index contributed by atoms with van der Waals surface area (Å²) in [5, 5.41) is 0. The van der Waals surface area contributed by atoms with E-state index in [0.29, 0.717) is 11.4 Å². The van der Waals surface area contributed by atoms with E-state index < -0.39 is 0 Å². The molecule has 0 spiro atoms. The van der Waals surface area contributed by atoms with Gasteiger partial charge in [0, 0.05) is 18.8 Å². The highest BCUT2D eigenvalue weighted by Crippen LogP contribution is 2.29. The average Bonchev–Trinajstić information content (AvgIpc) is 2.78. The van der Waals surface area contributed by atoms with Crippen molar-refractivity contribution in [1.29, 1.82) is 0 Å². The highest BCUT2D eigenvalue weighted by atomic mass is 15.1. The topological polar surface area (TPSA) is 55.3 Å². The van der Waals surface area contributed by atoms with Crippen molar-refractivity contribution < 1.29 is 0 Å². The molecule has 0 saturated heterocycles. The quantitative estimate of drug-likeness (QED) is 0.791. The van der Waals surface area contributed by atoms with Crippen molar-refractivity contribution in [2.45, 2.75) is 13.0 Å². The summed E-state index contributed by atoms with van der Waals surface area (Å²) in [6.07, 6.45) is 1.13. The van der Waals surface area contributed by atoms with Crippen LogP contribution in [0.15, 0.2) is 42.5 Å². The summed E-state index contributed by atoms with van der Waals surface area (Å²) >= 11 is 0. The summed E-state index contributed by atoms with van der Waals surface area (Å²) in [5.74, 6) is 0. The third-order valence-electron chi connectivity index (χ3n) is 3.51. The van der Waals surface area contributed by atoms with Crippen LogP contribution in [0.2, 0.25) is 0 Å². The van der Waals surface area contributed by atoms with Gasteiger partial charge in [0.05, 0.1) is 11.4 Å². The van der Waals surface area contributed by atoms with Crippen molar-refractivity contribution >= 4 is 17.1 Å². The zero-order valence-electron chi connectivity index (χ0n) is 10.3.